The van der Waals surface area contributed by atoms with E-state index in [2.05, 4.69) is 0 Å². The van der Waals surface area contributed by atoms with Crippen LogP contribution < -0.4 is 15.2 Å². The molecule has 0 radical (unpaired) electrons. The van der Waals surface area contributed by atoms with Crippen molar-refractivity contribution in [2.75, 3.05) is 38.0 Å². The second kappa shape index (κ2) is 8.39. The molecule has 3 aromatic rings. The minimum Gasteiger partial charge on any atom is -0.502 e. The maximum absolute atomic E-state index is 13.2. The molecule has 3 heterocycles. The SMILES string of the molecule is O=C1c2c(O)c(=O)ccn2N2CN1CCOCCOc1ccccc1[C@@H]2c1ccccc1. The van der Waals surface area contributed by atoms with Crippen molar-refractivity contribution in [2.45, 2.75) is 6.04 Å². The molecule has 0 unspecified atom stereocenters. The molecule has 2 bridgehead atoms. The molecule has 1 atom stereocenters. The first kappa shape index (κ1) is 20.1. The van der Waals surface area contributed by atoms with Gasteiger partial charge in [-0.25, -0.2) is 0 Å². The van der Waals surface area contributed by atoms with E-state index in [-0.39, 0.29) is 18.4 Å². The Labute approximate surface area is 184 Å². The second-order valence-corrected chi connectivity index (χ2v) is 7.68. The lowest BCUT2D eigenvalue weighted by molar-refractivity contribution is 0.0503. The Bertz CT molecular complexity index is 1190. The quantitative estimate of drug-likeness (QED) is 0.633. The van der Waals surface area contributed by atoms with E-state index < -0.39 is 17.1 Å². The molecule has 0 saturated heterocycles. The van der Waals surface area contributed by atoms with Gasteiger partial charge in [-0.1, -0.05) is 48.5 Å². The van der Waals surface area contributed by atoms with E-state index in [4.69, 9.17) is 9.47 Å². The van der Waals surface area contributed by atoms with Crippen molar-refractivity contribution >= 4 is 5.91 Å². The third kappa shape index (κ3) is 3.48. The number of hydrogen-bond donors (Lipinski definition) is 1. The lowest BCUT2D eigenvalue weighted by Crippen LogP contribution is -2.56. The first-order chi connectivity index (χ1) is 15.6. The van der Waals surface area contributed by atoms with Crippen LogP contribution in [0, 0.1) is 0 Å². The normalized spacial score (nSPS) is 18.6. The molecular weight excluding hydrogens is 410 g/mol. The number of benzene rings is 2. The van der Waals surface area contributed by atoms with Crippen LogP contribution in [-0.2, 0) is 4.74 Å². The fourth-order valence-corrected chi connectivity index (χ4v) is 4.24. The van der Waals surface area contributed by atoms with E-state index in [9.17, 15) is 14.7 Å². The van der Waals surface area contributed by atoms with Crippen molar-refractivity contribution in [2.24, 2.45) is 0 Å². The predicted octanol–water partition coefficient (Wildman–Crippen LogP) is 2.10. The maximum Gasteiger partial charge on any atom is 0.277 e. The highest BCUT2D eigenvalue weighted by atomic mass is 16.5. The molecular formula is C24H23N3O5. The summed E-state index contributed by atoms with van der Waals surface area (Å²) in [6, 6.07) is 18.6. The van der Waals surface area contributed by atoms with Crippen LogP contribution in [0.3, 0.4) is 0 Å². The highest BCUT2D eigenvalue weighted by Gasteiger charge is 2.37. The zero-order chi connectivity index (χ0) is 22.1. The summed E-state index contributed by atoms with van der Waals surface area (Å²) in [5.74, 6) is -0.259. The molecule has 0 aliphatic carbocycles. The molecule has 32 heavy (non-hydrogen) atoms. The van der Waals surface area contributed by atoms with Crippen LogP contribution in [0.4, 0.5) is 0 Å². The molecule has 8 nitrogen and oxygen atoms in total. The van der Waals surface area contributed by atoms with Gasteiger partial charge in [-0.05, 0) is 11.6 Å². The van der Waals surface area contributed by atoms with Crippen molar-refractivity contribution in [1.82, 2.24) is 9.58 Å². The van der Waals surface area contributed by atoms with E-state index in [1.54, 1.807) is 9.58 Å². The number of fused-ring (bicyclic) bond motifs is 5. The Morgan fingerprint density at radius 3 is 2.53 bits per heavy atom. The number of aromatic nitrogens is 1. The first-order valence-corrected chi connectivity index (χ1v) is 10.5. The highest BCUT2D eigenvalue weighted by molar-refractivity contribution is 5.96. The molecule has 164 valence electrons. The number of carbonyl (C=O) groups excluding carboxylic acids is 1. The molecule has 5 rings (SSSR count). The summed E-state index contributed by atoms with van der Waals surface area (Å²) in [6.07, 6.45) is 1.54. The average molecular weight is 433 g/mol. The van der Waals surface area contributed by atoms with Gasteiger partial charge in [0.05, 0.1) is 13.2 Å². The monoisotopic (exact) mass is 433 g/mol. The van der Waals surface area contributed by atoms with Gasteiger partial charge in [0.2, 0.25) is 5.43 Å². The van der Waals surface area contributed by atoms with Gasteiger partial charge in [0.1, 0.15) is 25.1 Å². The Kier molecular flexibility index (Phi) is 5.28. The lowest BCUT2D eigenvalue weighted by atomic mass is 9.97. The Morgan fingerprint density at radius 2 is 1.69 bits per heavy atom. The third-order valence-electron chi connectivity index (χ3n) is 5.75. The first-order valence-electron chi connectivity index (χ1n) is 10.5. The average Bonchev–Trinajstić information content (AvgIpc) is 2.81. The van der Waals surface area contributed by atoms with E-state index in [0.717, 1.165) is 11.1 Å². The summed E-state index contributed by atoms with van der Waals surface area (Å²) in [4.78, 5) is 27.0. The standard InChI is InChI=1S/C24H23N3O5/c28-19-10-11-26-22(23(19)29)24(30)25-12-13-31-14-15-32-20-9-5-4-8-18(20)21(27(26)16-25)17-6-2-1-3-7-17/h1-11,21,29H,12-16H2/t21-/m0/s1. The van der Waals surface area contributed by atoms with E-state index in [1.807, 2.05) is 59.6 Å². The van der Waals surface area contributed by atoms with Crippen LogP contribution in [0.15, 0.2) is 71.7 Å². The van der Waals surface area contributed by atoms with Crippen LogP contribution >= 0.6 is 0 Å². The highest BCUT2D eigenvalue weighted by Crippen LogP contribution is 2.36. The molecule has 2 aromatic carbocycles. The van der Waals surface area contributed by atoms with Crippen molar-refractivity contribution in [3.05, 3.63) is 93.9 Å². The van der Waals surface area contributed by atoms with E-state index in [1.165, 1.54) is 12.3 Å². The molecule has 8 heteroatoms. The van der Waals surface area contributed by atoms with Crippen LogP contribution in [0.25, 0.3) is 0 Å². The van der Waals surface area contributed by atoms with Crippen LogP contribution in [0.5, 0.6) is 11.5 Å². The van der Waals surface area contributed by atoms with Gasteiger partial charge in [-0.2, -0.15) is 0 Å². The minimum absolute atomic E-state index is 0.0554. The lowest BCUT2D eigenvalue weighted by Gasteiger charge is -2.44. The van der Waals surface area contributed by atoms with Crippen molar-refractivity contribution < 1.29 is 19.4 Å². The third-order valence-corrected chi connectivity index (χ3v) is 5.75. The molecule has 1 amide bonds. The number of carbonyl (C=O) groups is 1. The largest absolute Gasteiger partial charge is 0.502 e. The zero-order valence-electron chi connectivity index (χ0n) is 17.4. The number of nitrogens with zero attached hydrogens (tertiary/aromatic N) is 3. The molecule has 1 aromatic heterocycles. The minimum atomic E-state index is -0.594. The van der Waals surface area contributed by atoms with Crippen LogP contribution in [-0.4, -0.2) is 53.6 Å². The molecule has 0 spiro atoms. The Morgan fingerprint density at radius 1 is 0.906 bits per heavy atom. The van der Waals surface area contributed by atoms with Crippen LogP contribution in [0.2, 0.25) is 0 Å². The Balaban J connectivity index is 1.76. The summed E-state index contributed by atoms with van der Waals surface area (Å²) in [5, 5.41) is 12.5. The van der Waals surface area contributed by atoms with Crippen molar-refractivity contribution in [3.8, 4) is 11.5 Å². The number of amides is 1. The summed E-state index contributed by atoms with van der Waals surface area (Å²) < 4.78 is 13.3. The Hall–Kier alpha value is -3.78. The predicted molar refractivity (Wildman–Crippen MR) is 118 cm³/mol. The van der Waals surface area contributed by atoms with Gasteiger partial charge in [-0.3, -0.25) is 19.3 Å². The number of pyridine rings is 1. The topological polar surface area (TPSA) is 84.2 Å². The number of para-hydroxylation sites is 1. The molecule has 2 aliphatic rings. The fraction of sp³-hybridized carbons (Fsp3) is 0.250. The molecule has 0 fully saturated rings. The fourth-order valence-electron chi connectivity index (χ4n) is 4.24. The van der Waals surface area contributed by atoms with Crippen molar-refractivity contribution in [1.29, 1.82) is 0 Å². The zero-order valence-corrected chi connectivity index (χ0v) is 17.4. The van der Waals surface area contributed by atoms with Gasteiger partial charge in [-0.15, -0.1) is 0 Å². The van der Waals surface area contributed by atoms with Gasteiger partial charge < -0.3 is 19.5 Å². The number of aromatic hydroxyl groups is 1. The van der Waals surface area contributed by atoms with Gasteiger partial charge in [0, 0.05) is 24.4 Å². The van der Waals surface area contributed by atoms with Crippen molar-refractivity contribution in [3.63, 3.8) is 0 Å². The molecule has 0 saturated carbocycles. The smallest absolute Gasteiger partial charge is 0.277 e. The van der Waals surface area contributed by atoms with Gasteiger partial charge in [0.15, 0.2) is 11.4 Å². The van der Waals surface area contributed by atoms with Gasteiger partial charge >= 0.3 is 0 Å². The summed E-state index contributed by atoms with van der Waals surface area (Å²) in [5.41, 5.74) is 1.23. The number of rotatable bonds is 1. The summed E-state index contributed by atoms with van der Waals surface area (Å²) >= 11 is 0. The summed E-state index contributed by atoms with van der Waals surface area (Å²) in [6.45, 7) is 1.65. The molecule has 1 N–H and O–H groups in total. The summed E-state index contributed by atoms with van der Waals surface area (Å²) in [7, 11) is 0. The molecule has 2 aliphatic heterocycles. The number of hydrogen-bond acceptors (Lipinski definition) is 6. The van der Waals surface area contributed by atoms with E-state index >= 15 is 0 Å². The maximum atomic E-state index is 13.2. The van der Waals surface area contributed by atoms with Crippen LogP contribution in [0.1, 0.15) is 27.7 Å². The number of ether oxygens (including phenoxy) is 2. The van der Waals surface area contributed by atoms with E-state index in [0.29, 0.717) is 32.1 Å². The van der Waals surface area contributed by atoms with Gasteiger partial charge in [0.25, 0.3) is 5.91 Å². The second-order valence-electron chi connectivity index (χ2n) is 7.68.